The summed E-state index contributed by atoms with van der Waals surface area (Å²) in [6, 6.07) is 0. The molecule has 0 aromatic rings. The lowest BCUT2D eigenvalue weighted by Gasteiger charge is -2.26. The molecule has 0 aromatic carbocycles. The molecular formula is C15H31NO2. The third-order valence-corrected chi connectivity index (χ3v) is 3.79. The van der Waals surface area contributed by atoms with Gasteiger partial charge in [0.2, 0.25) is 0 Å². The van der Waals surface area contributed by atoms with Gasteiger partial charge in [-0.2, -0.15) is 0 Å². The summed E-state index contributed by atoms with van der Waals surface area (Å²) >= 11 is 0. The summed E-state index contributed by atoms with van der Waals surface area (Å²) < 4.78 is 10.6. The Morgan fingerprint density at radius 2 is 1.89 bits per heavy atom. The molecule has 0 N–H and O–H groups in total. The van der Waals surface area contributed by atoms with E-state index in [2.05, 4.69) is 11.8 Å². The van der Waals surface area contributed by atoms with Crippen molar-refractivity contribution in [3.8, 4) is 0 Å². The minimum absolute atomic E-state index is 0.781. The second-order valence-corrected chi connectivity index (χ2v) is 5.41. The third kappa shape index (κ3) is 7.34. The molecule has 0 bridgehead atoms. The molecule has 1 fully saturated rings. The van der Waals surface area contributed by atoms with Crippen LogP contribution < -0.4 is 0 Å². The Morgan fingerprint density at radius 3 is 2.56 bits per heavy atom. The van der Waals surface area contributed by atoms with E-state index >= 15 is 0 Å². The highest BCUT2D eigenvalue weighted by Gasteiger charge is 2.10. The van der Waals surface area contributed by atoms with Crippen LogP contribution in [0.1, 0.15) is 45.4 Å². The second-order valence-electron chi connectivity index (χ2n) is 5.41. The van der Waals surface area contributed by atoms with Gasteiger partial charge >= 0.3 is 0 Å². The predicted octanol–water partition coefficient (Wildman–Crippen LogP) is 2.94. The average molecular weight is 257 g/mol. The van der Waals surface area contributed by atoms with Crippen LogP contribution >= 0.6 is 0 Å². The highest BCUT2D eigenvalue weighted by Crippen LogP contribution is 2.16. The number of morpholine rings is 1. The summed E-state index contributed by atoms with van der Waals surface area (Å²) in [5.41, 5.74) is 0. The Hall–Kier alpha value is -0.120. The van der Waals surface area contributed by atoms with Crippen molar-refractivity contribution in [2.45, 2.75) is 45.4 Å². The van der Waals surface area contributed by atoms with Crippen molar-refractivity contribution in [1.82, 2.24) is 4.90 Å². The number of rotatable bonds is 10. The van der Waals surface area contributed by atoms with Crippen LogP contribution in [0.15, 0.2) is 0 Å². The van der Waals surface area contributed by atoms with Gasteiger partial charge < -0.3 is 9.47 Å². The van der Waals surface area contributed by atoms with Crippen molar-refractivity contribution in [3.05, 3.63) is 0 Å². The van der Waals surface area contributed by atoms with E-state index in [0.29, 0.717) is 0 Å². The van der Waals surface area contributed by atoms with Gasteiger partial charge in [-0.05, 0) is 31.7 Å². The van der Waals surface area contributed by atoms with Gasteiger partial charge in [0.1, 0.15) is 0 Å². The maximum absolute atomic E-state index is 5.36. The lowest BCUT2D eigenvalue weighted by Crippen LogP contribution is -2.36. The first-order valence-corrected chi connectivity index (χ1v) is 7.65. The summed E-state index contributed by atoms with van der Waals surface area (Å²) in [6.07, 6.45) is 8.00. The van der Waals surface area contributed by atoms with E-state index in [1.807, 2.05) is 7.11 Å². The van der Waals surface area contributed by atoms with E-state index in [0.717, 1.165) is 38.8 Å². The topological polar surface area (TPSA) is 21.7 Å². The molecule has 3 nitrogen and oxygen atoms in total. The molecule has 1 atom stereocenters. The van der Waals surface area contributed by atoms with E-state index in [1.54, 1.807) is 0 Å². The fourth-order valence-electron chi connectivity index (χ4n) is 2.72. The summed E-state index contributed by atoms with van der Waals surface area (Å²) in [7, 11) is 1.82. The van der Waals surface area contributed by atoms with Crippen LogP contribution in [-0.4, -0.2) is 51.5 Å². The van der Waals surface area contributed by atoms with Crippen LogP contribution in [0.4, 0.5) is 0 Å². The number of unbranched alkanes of at least 4 members (excludes halogenated alkanes) is 2. The molecule has 0 aromatic heterocycles. The minimum atomic E-state index is 0.781. The minimum Gasteiger partial charge on any atom is -0.384 e. The van der Waals surface area contributed by atoms with Crippen LogP contribution in [0.5, 0.6) is 0 Å². The van der Waals surface area contributed by atoms with Crippen LogP contribution in [0, 0.1) is 5.92 Å². The molecule has 0 saturated carbocycles. The zero-order valence-corrected chi connectivity index (χ0v) is 12.3. The van der Waals surface area contributed by atoms with Crippen molar-refractivity contribution in [1.29, 1.82) is 0 Å². The summed E-state index contributed by atoms with van der Waals surface area (Å²) in [5, 5.41) is 0. The highest BCUT2D eigenvalue weighted by molar-refractivity contribution is 4.63. The maximum atomic E-state index is 5.36. The van der Waals surface area contributed by atoms with Crippen molar-refractivity contribution in [3.63, 3.8) is 0 Å². The van der Waals surface area contributed by atoms with Gasteiger partial charge in [-0.15, -0.1) is 0 Å². The van der Waals surface area contributed by atoms with Crippen LogP contribution in [0.3, 0.4) is 0 Å². The molecule has 108 valence electrons. The van der Waals surface area contributed by atoms with Crippen molar-refractivity contribution >= 4 is 0 Å². The molecule has 0 aliphatic carbocycles. The molecule has 1 heterocycles. The Morgan fingerprint density at radius 1 is 1.11 bits per heavy atom. The molecule has 0 amide bonds. The van der Waals surface area contributed by atoms with Gasteiger partial charge in [0.15, 0.2) is 0 Å². The van der Waals surface area contributed by atoms with E-state index in [1.165, 1.54) is 45.1 Å². The third-order valence-electron chi connectivity index (χ3n) is 3.79. The van der Waals surface area contributed by atoms with Gasteiger partial charge in [-0.25, -0.2) is 0 Å². The number of hydrogen-bond donors (Lipinski definition) is 0. The zero-order valence-electron chi connectivity index (χ0n) is 12.3. The Bertz CT molecular complexity index is 175. The van der Waals surface area contributed by atoms with Gasteiger partial charge in [0.05, 0.1) is 13.2 Å². The molecular weight excluding hydrogens is 226 g/mol. The zero-order chi connectivity index (χ0) is 13.1. The monoisotopic (exact) mass is 257 g/mol. The predicted molar refractivity (Wildman–Crippen MR) is 76.0 cm³/mol. The molecule has 0 spiro atoms. The van der Waals surface area contributed by atoms with Crippen molar-refractivity contribution < 1.29 is 9.47 Å². The number of nitrogens with zero attached hydrogens (tertiary/aromatic N) is 1. The first-order chi connectivity index (χ1) is 8.86. The van der Waals surface area contributed by atoms with Crippen LogP contribution in [-0.2, 0) is 9.47 Å². The number of methoxy groups -OCH3 is 1. The first-order valence-electron chi connectivity index (χ1n) is 7.65. The van der Waals surface area contributed by atoms with Crippen LogP contribution in [0.25, 0.3) is 0 Å². The number of ether oxygens (including phenoxy) is 2. The van der Waals surface area contributed by atoms with Gasteiger partial charge in [0.25, 0.3) is 0 Å². The summed E-state index contributed by atoms with van der Waals surface area (Å²) in [6.45, 7) is 8.56. The lowest BCUT2D eigenvalue weighted by atomic mass is 9.97. The van der Waals surface area contributed by atoms with Gasteiger partial charge in [0, 0.05) is 26.8 Å². The van der Waals surface area contributed by atoms with E-state index < -0.39 is 0 Å². The van der Waals surface area contributed by atoms with Gasteiger partial charge in [-0.1, -0.05) is 26.2 Å². The fraction of sp³-hybridized carbons (Fsp3) is 1.00. The molecule has 1 aliphatic heterocycles. The van der Waals surface area contributed by atoms with Gasteiger partial charge in [-0.3, -0.25) is 4.90 Å². The van der Waals surface area contributed by atoms with Crippen molar-refractivity contribution in [2.24, 2.45) is 5.92 Å². The van der Waals surface area contributed by atoms with Crippen molar-refractivity contribution in [2.75, 3.05) is 46.6 Å². The van der Waals surface area contributed by atoms with E-state index in [4.69, 9.17) is 9.47 Å². The summed E-state index contributed by atoms with van der Waals surface area (Å²) in [5.74, 6) is 0.781. The van der Waals surface area contributed by atoms with E-state index in [-0.39, 0.29) is 0 Å². The number of hydrogen-bond acceptors (Lipinski definition) is 3. The SMILES string of the molecule is CCC[C@@H](CCCCCN1CCOCC1)COC. The molecule has 1 saturated heterocycles. The smallest absolute Gasteiger partial charge is 0.0594 e. The Labute approximate surface area is 113 Å². The molecule has 1 aliphatic rings. The molecule has 0 unspecified atom stereocenters. The largest absolute Gasteiger partial charge is 0.384 e. The summed E-state index contributed by atoms with van der Waals surface area (Å²) in [4.78, 5) is 2.53. The Kier molecular flexibility index (Phi) is 9.54. The molecule has 3 heteroatoms. The maximum Gasteiger partial charge on any atom is 0.0594 e. The fourth-order valence-corrected chi connectivity index (χ4v) is 2.72. The Balaban J connectivity index is 1.95. The second kappa shape index (κ2) is 10.8. The normalized spacial score (nSPS) is 19.0. The first kappa shape index (κ1) is 15.9. The molecule has 0 radical (unpaired) electrons. The molecule has 18 heavy (non-hydrogen) atoms. The van der Waals surface area contributed by atoms with Crippen LogP contribution in [0.2, 0.25) is 0 Å². The molecule has 1 rings (SSSR count). The quantitative estimate of drug-likeness (QED) is 0.562. The van der Waals surface area contributed by atoms with E-state index in [9.17, 15) is 0 Å². The highest BCUT2D eigenvalue weighted by atomic mass is 16.5. The average Bonchev–Trinajstić information content (AvgIpc) is 2.40. The standard InChI is InChI=1S/C15H31NO2/c1-3-7-15(14-17-2)8-5-4-6-9-16-10-12-18-13-11-16/h15H,3-14H2,1-2H3/t15-/m0/s1. The lowest BCUT2D eigenvalue weighted by molar-refractivity contribution is 0.0370.